The molecule has 7 nitrogen and oxygen atoms in total. The number of fused-ring (bicyclic) bond motifs is 1. The maximum atomic E-state index is 12.5. The Bertz CT molecular complexity index is 1290. The summed E-state index contributed by atoms with van der Waals surface area (Å²) in [5, 5.41) is 11.4. The van der Waals surface area contributed by atoms with Crippen LogP contribution in [0.4, 0.5) is 16.3 Å². The number of carbonyl (C=O) groups is 1. The van der Waals surface area contributed by atoms with Crippen LogP contribution in [-0.4, -0.2) is 45.7 Å². The maximum absolute atomic E-state index is 12.5. The summed E-state index contributed by atoms with van der Waals surface area (Å²) in [4.78, 5) is 18.8. The van der Waals surface area contributed by atoms with Crippen LogP contribution in [0.25, 0.3) is 16.9 Å². The van der Waals surface area contributed by atoms with Crippen molar-refractivity contribution >= 4 is 50.7 Å². The minimum Gasteiger partial charge on any atom is -0.370 e. The van der Waals surface area contributed by atoms with E-state index in [4.69, 9.17) is 16.6 Å². The summed E-state index contributed by atoms with van der Waals surface area (Å²) in [6, 6.07) is 17.2. The second-order valence-electron chi connectivity index (χ2n) is 7.74. The monoisotopic (exact) mass is 526 g/mol. The lowest BCUT2D eigenvalue weighted by Crippen LogP contribution is -2.33. The topological polar surface area (TPSA) is 74.6 Å². The quantitative estimate of drug-likeness (QED) is 0.285. The van der Waals surface area contributed by atoms with E-state index in [0.29, 0.717) is 23.8 Å². The van der Waals surface area contributed by atoms with Crippen LogP contribution in [0.1, 0.15) is 12.0 Å². The van der Waals surface area contributed by atoms with E-state index in [0.717, 1.165) is 39.2 Å². The van der Waals surface area contributed by atoms with Crippen LogP contribution in [0, 0.1) is 6.92 Å². The van der Waals surface area contributed by atoms with Gasteiger partial charge in [-0.3, -0.25) is 0 Å². The molecule has 9 heteroatoms. The molecule has 4 rings (SSSR count). The molecule has 0 aliphatic carbocycles. The third kappa shape index (κ3) is 5.46. The summed E-state index contributed by atoms with van der Waals surface area (Å²) in [6.45, 7) is 3.25. The van der Waals surface area contributed by atoms with Crippen molar-refractivity contribution in [3.05, 3.63) is 75.9 Å². The summed E-state index contributed by atoms with van der Waals surface area (Å²) < 4.78 is 2.55. The molecule has 33 heavy (non-hydrogen) atoms. The van der Waals surface area contributed by atoms with Crippen LogP contribution in [0.5, 0.6) is 0 Å². The third-order valence-corrected chi connectivity index (χ3v) is 6.06. The molecule has 2 aromatic carbocycles. The van der Waals surface area contributed by atoms with E-state index < -0.39 is 0 Å². The van der Waals surface area contributed by atoms with E-state index in [1.54, 1.807) is 22.7 Å². The first kappa shape index (κ1) is 23.1. The number of halogens is 2. The van der Waals surface area contributed by atoms with Crippen molar-refractivity contribution < 1.29 is 4.79 Å². The van der Waals surface area contributed by atoms with Gasteiger partial charge in [0, 0.05) is 42.5 Å². The molecular formula is C24H24BrClN6O. The van der Waals surface area contributed by atoms with Gasteiger partial charge in [0.1, 0.15) is 5.82 Å². The molecule has 0 aliphatic rings. The summed E-state index contributed by atoms with van der Waals surface area (Å²) >= 11 is 9.91. The molecular weight excluding hydrogens is 504 g/mol. The number of rotatable bonds is 7. The first-order valence-corrected chi connectivity index (χ1v) is 11.7. The fourth-order valence-corrected chi connectivity index (χ4v) is 4.03. The van der Waals surface area contributed by atoms with Gasteiger partial charge in [-0.2, -0.15) is 9.61 Å². The average molecular weight is 528 g/mol. The van der Waals surface area contributed by atoms with E-state index in [1.165, 1.54) is 0 Å². The molecule has 2 heterocycles. The molecule has 0 spiro atoms. The highest BCUT2D eigenvalue weighted by molar-refractivity contribution is 9.10. The lowest BCUT2D eigenvalue weighted by Gasteiger charge is -2.18. The first-order valence-electron chi connectivity index (χ1n) is 10.5. The van der Waals surface area contributed by atoms with Crippen molar-refractivity contribution in [2.45, 2.75) is 13.3 Å². The average Bonchev–Trinajstić information content (AvgIpc) is 3.17. The van der Waals surface area contributed by atoms with Crippen molar-refractivity contribution in [2.24, 2.45) is 0 Å². The fraction of sp³-hybridized carbons (Fsp3) is 0.208. The number of anilines is 2. The predicted molar refractivity (Wildman–Crippen MR) is 137 cm³/mol. The zero-order valence-corrected chi connectivity index (χ0v) is 20.7. The summed E-state index contributed by atoms with van der Waals surface area (Å²) in [5.74, 6) is 0.799. The van der Waals surface area contributed by atoms with Crippen LogP contribution in [-0.2, 0) is 0 Å². The minimum absolute atomic E-state index is 0.135. The molecule has 0 unspecified atom stereocenters. The van der Waals surface area contributed by atoms with Gasteiger partial charge >= 0.3 is 6.03 Å². The Morgan fingerprint density at radius 1 is 1.18 bits per heavy atom. The molecule has 2 aromatic heterocycles. The Morgan fingerprint density at radius 3 is 2.79 bits per heavy atom. The number of hydrogen-bond donors (Lipinski definition) is 2. The Morgan fingerprint density at radius 2 is 2.00 bits per heavy atom. The Balaban J connectivity index is 1.41. The number of hydrogen-bond acceptors (Lipinski definition) is 4. The van der Waals surface area contributed by atoms with Crippen molar-refractivity contribution in [1.29, 1.82) is 0 Å². The van der Waals surface area contributed by atoms with Gasteiger partial charge in [-0.15, -0.1) is 0 Å². The summed E-state index contributed by atoms with van der Waals surface area (Å²) in [5.41, 5.74) is 4.20. The zero-order chi connectivity index (χ0) is 23.4. The van der Waals surface area contributed by atoms with Crippen molar-refractivity contribution in [3.63, 3.8) is 0 Å². The number of aryl methyl sites for hydroxylation is 1. The van der Waals surface area contributed by atoms with Crippen LogP contribution in [0.15, 0.2) is 65.3 Å². The number of nitrogens with zero attached hydrogens (tertiary/aromatic N) is 4. The summed E-state index contributed by atoms with van der Waals surface area (Å²) in [7, 11) is 1.79. The molecule has 0 atom stereocenters. The van der Waals surface area contributed by atoms with Crippen molar-refractivity contribution in [3.8, 4) is 11.3 Å². The molecule has 0 aliphatic heterocycles. The lowest BCUT2D eigenvalue weighted by molar-refractivity contribution is 0.222. The van der Waals surface area contributed by atoms with Crippen LogP contribution in [0.2, 0.25) is 5.02 Å². The van der Waals surface area contributed by atoms with E-state index in [2.05, 4.69) is 31.7 Å². The standard InChI is InChI=1S/C24H24BrClN6O/c1-16-7-5-8-17(13-16)29-24(33)31(2)12-6-11-27-22-14-21(18-9-3-4-10-20(18)26)30-23-19(25)15-28-32(22)23/h3-5,7-10,13-15,27H,6,11-12H2,1-2H3,(H,29,33). The highest BCUT2D eigenvalue weighted by atomic mass is 79.9. The van der Waals surface area contributed by atoms with Gasteiger partial charge in [0.15, 0.2) is 5.65 Å². The van der Waals surface area contributed by atoms with Gasteiger partial charge < -0.3 is 15.5 Å². The predicted octanol–water partition coefficient (Wildman–Crippen LogP) is 6.09. The minimum atomic E-state index is -0.135. The smallest absolute Gasteiger partial charge is 0.321 e. The number of carbonyl (C=O) groups excluding carboxylic acids is 1. The molecule has 2 amide bonds. The van der Waals surface area contributed by atoms with Gasteiger partial charge in [-0.05, 0) is 53.0 Å². The number of benzene rings is 2. The molecule has 170 valence electrons. The Labute approximate surface area is 205 Å². The van der Waals surface area contributed by atoms with Gasteiger partial charge in [0.25, 0.3) is 0 Å². The van der Waals surface area contributed by atoms with Crippen LogP contribution >= 0.6 is 27.5 Å². The number of urea groups is 1. The van der Waals surface area contributed by atoms with Crippen LogP contribution < -0.4 is 10.6 Å². The molecule has 0 bridgehead atoms. The van der Waals surface area contributed by atoms with Crippen molar-refractivity contribution in [2.75, 3.05) is 30.8 Å². The SMILES string of the molecule is Cc1cccc(NC(=O)N(C)CCCNc2cc(-c3ccccc3Cl)nc3c(Br)cnn23)c1. The largest absolute Gasteiger partial charge is 0.370 e. The molecule has 0 saturated carbocycles. The lowest BCUT2D eigenvalue weighted by atomic mass is 10.1. The van der Waals surface area contributed by atoms with Gasteiger partial charge in [0.05, 0.1) is 16.4 Å². The second-order valence-corrected chi connectivity index (χ2v) is 9.00. The van der Waals surface area contributed by atoms with E-state index in [9.17, 15) is 4.79 Å². The summed E-state index contributed by atoms with van der Waals surface area (Å²) in [6.07, 6.45) is 2.47. The molecule has 2 N–H and O–H groups in total. The molecule has 0 saturated heterocycles. The number of amides is 2. The first-order chi connectivity index (χ1) is 15.9. The van der Waals surface area contributed by atoms with Crippen LogP contribution in [0.3, 0.4) is 0 Å². The zero-order valence-electron chi connectivity index (χ0n) is 18.3. The Kier molecular flexibility index (Phi) is 7.15. The van der Waals surface area contributed by atoms with E-state index in [-0.39, 0.29) is 6.03 Å². The maximum Gasteiger partial charge on any atom is 0.321 e. The fourth-order valence-electron chi connectivity index (χ4n) is 3.44. The molecule has 0 radical (unpaired) electrons. The highest BCUT2D eigenvalue weighted by Gasteiger charge is 2.13. The second kappa shape index (κ2) is 10.2. The Hall–Kier alpha value is -3.10. The van der Waals surface area contributed by atoms with Gasteiger partial charge in [-0.1, -0.05) is 41.9 Å². The van der Waals surface area contributed by atoms with Crippen molar-refractivity contribution in [1.82, 2.24) is 19.5 Å². The van der Waals surface area contributed by atoms with Gasteiger partial charge in [0.2, 0.25) is 0 Å². The third-order valence-electron chi connectivity index (χ3n) is 5.17. The normalized spacial score (nSPS) is 10.9. The van der Waals surface area contributed by atoms with Gasteiger partial charge in [-0.25, -0.2) is 9.78 Å². The molecule has 4 aromatic rings. The number of nitrogens with one attached hydrogen (secondary N) is 2. The highest BCUT2D eigenvalue weighted by Crippen LogP contribution is 2.30. The number of aromatic nitrogens is 3. The van der Waals surface area contributed by atoms with E-state index >= 15 is 0 Å². The van der Waals surface area contributed by atoms with E-state index in [1.807, 2.05) is 61.5 Å². The molecule has 0 fully saturated rings.